The fourth-order valence-corrected chi connectivity index (χ4v) is 1.98. The lowest BCUT2D eigenvalue weighted by molar-refractivity contribution is 0.0846. The Kier molecular flexibility index (Phi) is 1.56. The number of carbonyl (C=O) groups is 1. The standard InChI is InChI=1S/C10H12N2O2/c13-6-3-7-9(8(14)4-6)12-10(11-7)5-1-2-5/h5-6,13H,1-4H2,(H,11,12). The van der Waals surface area contributed by atoms with Crippen LogP contribution in [0.3, 0.4) is 0 Å². The number of ketones is 1. The molecule has 2 aliphatic carbocycles. The number of carbonyl (C=O) groups excluding carboxylic acids is 1. The van der Waals surface area contributed by atoms with Gasteiger partial charge in [0.1, 0.15) is 11.5 Å². The predicted octanol–water partition coefficient (Wildman–Crippen LogP) is 0.777. The summed E-state index contributed by atoms with van der Waals surface area (Å²) < 4.78 is 0. The van der Waals surface area contributed by atoms with Crippen LogP contribution in [-0.4, -0.2) is 27.0 Å². The molecule has 2 N–H and O–H groups in total. The van der Waals surface area contributed by atoms with Gasteiger partial charge >= 0.3 is 0 Å². The number of hydrogen-bond acceptors (Lipinski definition) is 3. The Labute approximate surface area is 81.4 Å². The normalized spacial score (nSPS) is 26.4. The highest BCUT2D eigenvalue weighted by Crippen LogP contribution is 2.39. The van der Waals surface area contributed by atoms with E-state index in [1.54, 1.807) is 0 Å². The zero-order valence-corrected chi connectivity index (χ0v) is 7.79. The van der Waals surface area contributed by atoms with Crippen LogP contribution < -0.4 is 0 Å². The zero-order valence-electron chi connectivity index (χ0n) is 7.79. The van der Waals surface area contributed by atoms with E-state index in [2.05, 4.69) is 9.97 Å². The van der Waals surface area contributed by atoms with Crippen molar-refractivity contribution >= 4 is 5.78 Å². The van der Waals surface area contributed by atoms with Gasteiger partial charge in [-0.05, 0) is 12.8 Å². The van der Waals surface area contributed by atoms with Crippen molar-refractivity contribution in [2.45, 2.75) is 37.7 Å². The van der Waals surface area contributed by atoms with Crippen LogP contribution in [-0.2, 0) is 6.42 Å². The molecule has 74 valence electrons. The van der Waals surface area contributed by atoms with E-state index in [9.17, 15) is 9.90 Å². The summed E-state index contributed by atoms with van der Waals surface area (Å²) >= 11 is 0. The van der Waals surface area contributed by atoms with Gasteiger partial charge in [-0.3, -0.25) is 4.79 Å². The van der Waals surface area contributed by atoms with Crippen LogP contribution in [0.15, 0.2) is 0 Å². The maximum absolute atomic E-state index is 11.5. The molecule has 0 amide bonds. The number of aliphatic hydroxyl groups is 1. The van der Waals surface area contributed by atoms with Gasteiger partial charge in [0.2, 0.25) is 0 Å². The maximum atomic E-state index is 11.5. The summed E-state index contributed by atoms with van der Waals surface area (Å²) in [5.74, 6) is 1.45. The largest absolute Gasteiger partial charge is 0.392 e. The lowest BCUT2D eigenvalue weighted by Gasteiger charge is -2.14. The fourth-order valence-electron chi connectivity index (χ4n) is 1.98. The van der Waals surface area contributed by atoms with E-state index in [0.717, 1.165) is 11.5 Å². The molecular formula is C10H12N2O2. The molecular weight excluding hydrogens is 180 g/mol. The van der Waals surface area contributed by atoms with Crippen molar-refractivity contribution < 1.29 is 9.90 Å². The summed E-state index contributed by atoms with van der Waals surface area (Å²) in [5, 5.41) is 9.42. The molecule has 1 aromatic heterocycles. The van der Waals surface area contributed by atoms with Crippen LogP contribution in [0.5, 0.6) is 0 Å². The van der Waals surface area contributed by atoms with E-state index >= 15 is 0 Å². The molecule has 1 fully saturated rings. The van der Waals surface area contributed by atoms with E-state index in [4.69, 9.17) is 0 Å². The van der Waals surface area contributed by atoms with Gasteiger partial charge in [0.05, 0.1) is 6.10 Å². The van der Waals surface area contributed by atoms with Gasteiger partial charge in [0, 0.05) is 24.5 Å². The molecule has 1 saturated carbocycles. The highest BCUT2D eigenvalue weighted by Gasteiger charge is 2.32. The van der Waals surface area contributed by atoms with Gasteiger partial charge in [-0.25, -0.2) is 4.98 Å². The average molecular weight is 192 g/mol. The molecule has 1 aromatic rings. The van der Waals surface area contributed by atoms with Crippen molar-refractivity contribution in [3.05, 3.63) is 17.2 Å². The van der Waals surface area contributed by atoms with Gasteiger partial charge in [0.15, 0.2) is 5.78 Å². The first-order valence-electron chi connectivity index (χ1n) is 5.04. The first kappa shape index (κ1) is 8.17. The number of Topliss-reactive ketones (excluding diaryl/α,β-unsaturated/α-hetero) is 1. The second-order valence-electron chi connectivity index (χ2n) is 4.21. The third-order valence-corrected chi connectivity index (χ3v) is 2.89. The first-order chi connectivity index (χ1) is 6.74. The molecule has 0 radical (unpaired) electrons. The highest BCUT2D eigenvalue weighted by atomic mass is 16.3. The van der Waals surface area contributed by atoms with Crippen molar-refractivity contribution in [1.82, 2.24) is 9.97 Å². The molecule has 0 aliphatic heterocycles. The summed E-state index contributed by atoms with van der Waals surface area (Å²) in [6.07, 6.45) is 2.58. The Morgan fingerprint density at radius 3 is 2.86 bits per heavy atom. The van der Waals surface area contributed by atoms with Crippen LogP contribution in [0.4, 0.5) is 0 Å². The van der Waals surface area contributed by atoms with Crippen molar-refractivity contribution in [1.29, 1.82) is 0 Å². The highest BCUT2D eigenvalue weighted by molar-refractivity contribution is 5.96. The van der Waals surface area contributed by atoms with Crippen molar-refractivity contribution in [2.24, 2.45) is 0 Å². The maximum Gasteiger partial charge on any atom is 0.185 e. The third-order valence-electron chi connectivity index (χ3n) is 2.89. The van der Waals surface area contributed by atoms with Crippen LogP contribution in [0.2, 0.25) is 0 Å². The predicted molar refractivity (Wildman–Crippen MR) is 49.2 cm³/mol. The number of aromatic amines is 1. The van der Waals surface area contributed by atoms with Crippen LogP contribution in [0.1, 0.15) is 47.2 Å². The summed E-state index contributed by atoms with van der Waals surface area (Å²) in [5.41, 5.74) is 1.40. The minimum absolute atomic E-state index is 0.0260. The Hall–Kier alpha value is -1.16. The molecule has 0 saturated heterocycles. The summed E-state index contributed by atoms with van der Waals surface area (Å²) in [7, 11) is 0. The smallest absolute Gasteiger partial charge is 0.185 e. The topological polar surface area (TPSA) is 66.0 Å². The second-order valence-corrected chi connectivity index (χ2v) is 4.21. The molecule has 1 heterocycles. The third kappa shape index (κ3) is 1.18. The number of H-pyrrole nitrogens is 1. The second kappa shape index (κ2) is 2.67. The van der Waals surface area contributed by atoms with E-state index in [1.807, 2.05) is 0 Å². The van der Waals surface area contributed by atoms with Gasteiger partial charge in [-0.2, -0.15) is 0 Å². The number of nitrogens with zero attached hydrogens (tertiary/aromatic N) is 1. The first-order valence-corrected chi connectivity index (χ1v) is 5.04. The monoisotopic (exact) mass is 192 g/mol. The lowest BCUT2D eigenvalue weighted by atomic mass is 9.97. The minimum atomic E-state index is -0.525. The number of nitrogens with one attached hydrogen (secondary N) is 1. The van der Waals surface area contributed by atoms with Crippen molar-refractivity contribution in [3.8, 4) is 0 Å². The molecule has 1 atom stereocenters. The van der Waals surface area contributed by atoms with Gasteiger partial charge in [-0.1, -0.05) is 0 Å². The summed E-state index contributed by atoms with van der Waals surface area (Å²) in [6, 6.07) is 0. The fraction of sp³-hybridized carbons (Fsp3) is 0.600. The van der Waals surface area contributed by atoms with Gasteiger partial charge < -0.3 is 10.1 Å². The van der Waals surface area contributed by atoms with Crippen molar-refractivity contribution in [3.63, 3.8) is 0 Å². The Morgan fingerprint density at radius 2 is 2.14 bits per heavy atom. The molecule has 2 aliphatic rings. The Balaban J connectivity index is 2.01. The van der Waals surface area contributed by atoms with Crippen LogP contribution >= 0.6 is 0 Å². The SMILES string of the molecule is O=C1CC(O)Cc2[nH]c(C3CC3)nc21. The molecule has 4 nitrogen and oxygen atoms in total. The van der Waals surface area contributed by atoms with Crippen molar-refractivity contribution in [2.75, 3.05) is 0 Å². The minimum Gasteiger partial charge on any atom is -0.392 e. The summed E-state index contributed by atoms with van der Waals surface area (Å²) in [4.78, 5) is 19.0. The van der Waals surface area contributed by atoms with Gasteiger partial charge in [-0.15, -0.1) is 0 Å². The Bertz CT molecular complexity index is 393. The number of hydrogen-bond donors (Lipinski definition) is 2. The zero-order chi connectivity index (χ0) is 9.71. The van der Waals surface area contributed by atoms with E-state index < -0.39 is 6.10 Å². The Morgan fingerprint density at radius 1 is 1.36 bits per heavy atom. The number of fused-ring (bicyclic) bond motifs is 1. The van der Waals surface area contributed by atoms with Crippen LogP contribution in [0.25, 0.3) is 0 Å². The van der Waals surface area contributed by atoms with E-state index in [0.29, 0.717) is 18.0 Å². The molecule has 4 heteroatoms. The molecule has 0 bridgehead atoms. The van der Waals surface area contributed by atoms with E-state index in [1.165, 1.54) is 12.8 Å². The molecule has 0 spiro atoms. The number of rotatable bonds is 1. The lowest BCUT2D eigenvalue weighted by Crippen LogP contribution is -2.23. The quantitative estimate of drug-likeness (QED) is 0.691. The molecule has 14 heavy (non-hydrogen) atoms. The number of aromatic nitrogens is 2. The molecule has 1 unspecified atom stereocenters. The van der Waals surface area contributed by atoms with Crippen LogP contribution in [0, 0.1) is 0 Å². The summed E-state index contributed by atoms with van der Waals surface area (Å²) in [6.45, 7) is 0. The number of imidazole rings is 1. The number of aliphatic hydroxyl groups excluding tert-OH is 1. The van der Waals surface area contributed by atoms with Gasteiger partial charge in [0.25, 0.3) is 0 Å². The average Bonchev–Trinajstić information content (AvgIpc) is 2.87. The molecule has 3 rings (SSSR count). The molecule has 0 aromatic carbocycles. The van der Waals surface area contributed by atoms with E-state index in [-0.39, 0.29) is 12.2 Å².